The van der Waals surface area contributed by atoms with Crippen LogP contribution in [0.3, 0.4) is 0 Å². The molecule has 4 fully saturated rings. The van der Waals surface area contributed by atoms with Crippen molar-refractivity contribution in [2.24, 2.45) is 63.9 Å². The monoisotopic (exact) mass is 546 g/mol. The van der Waals surface area contributed by atoms with E-state index in [1.54, 1.807) is 0 Å². The second-order valence-electron chi connectivity index (χ2n) is 14.9. The van der Waals surface area contributed by atoms with E-state index < -0.39 is 6.04 Å². The molecule has 4 aliphatic carbocycles. The van der Waals surface area contributed by atoms with Crippen LogP contribution in [0.1, 0.15) is 112 Å². The number of carbonyl (C=O) groups is 2. The number of methoxy groups -OCH3 is 1. The van der Waals surface area contributed by atoms with E-state index in [4.69, 9.17) is 10.5 Å². The summed E-state index contributed by atoms with van der Waals surface area (Å²) in [4.78, 5) is 24.9. The summed E-state index contributed by atoms with van der Waals surface area (Å²) in [7, 11) is 1.37. The number of aliphatic hydroxyl groups is 1. The van der Waals surface area contributed by atoms with Crippen LogP contribution in [0.15, 0.2) is 0 Å². The van der Waals surface area contributed by atoms with Crippen molar-refractivity contribution in [2.75, 3.05) is 13.7 Å². The summed E-state index contributed by atoms with van der Waals surface area (Å²) < 4.78 is 4.89. The molecule has 4 rings (SSSR count). The van der Waals surface area contributed by atoms with Gasteiger partial charge in [0, 0.05) is 6.42 Å². The quantitative estimate of drug-likeness (QED) is 0.305. The first-order valence-corrected chi connectivity index (χ1v) is 16.2. The third kappa shape index (κ3) is 5.94. The summed E-state index contributed by atoms with van der Waals surface area (Å²) in [6.07, 6.45) is 13.4. The molecule has 6 unspecified atom stereocenters. The van der Waals surface area contributed by atoms with Crippen molar-refractivity contribution >= 4 is 11.9 Å². The molecule has 4 N–H and O–H groups in total. The Balaban J connectivity index is 1.39. The fourth-order valence-electron chi connectivity index (χ4n) is 10.4. The highest BCUT2D eigenvalue weighted by molar-refractivity contribution is 5.84. The minimum absolute atomic E-state index is 0.00659. The van der Waals surface area contributed by atoms with Crippen molar-refractivity contribution in [2.45, 2.75) is 124 Å². The van der Waals surface area contributed by atoms with E-state index in [1.807, 2.05) is 13.8 Å². The molecule has 0 saturated heterocycles. The molecule has 0 aliphatic heterocycles. The van der Waals surface area contributed by atoms with Crippen LogP contribution >= 0.6 is 0 Å². The molecule has 0 aromatic carbocycles. The van der Waals surface area contributed by atoms with Crippen LogP contribution < -0.4 is 11.1 Å². The molecule has 0 aromatic rings. The smallest absolute Gasteiger partial charge is 0.328 e. The van der Waals surface area contributed by atoms with Crippen LogP contribution in [0, 0.1) is 58.2 Å². The number of hydrogen-bond acceptors (Lipinski definition) is 5. The predicted molar refractivity (Wildman–Crippen MR) is 156 cm³/mol. The fraction of sp³-hybridized carbons (Fsp3) is 0.939. The van der Waals surface area contributed by atoms with Gasteiger partial charge in [0.25, 0.3) is 0 Å². The summed E-state index contributed by atoms with van der Waals surface area (Å²) in [6.45, 7) is 12.1. The number of nitrogens with one attached hydrogen (secondary N) is 1. The van der Waals surface area contributed by atoms with Gasteiger partial charge < -0.3 is 20.9 Å². The molecule has 0 bridgehead atoms. The van der Waals surface area contributed by atoms with Crippen molar-refractivity contribution < 1.29 is 19.4 Å². The summed E-state index contributed by atoms with van der Waals surface area (Å²) in [5.41, 5.74) is 6.43. The number of amides is 1. The standard InChI is InChI=1S/C33H58N2O4/c1-20(2)30(31(38)39-6)35-28(37)12-9-21(3)24-10-11-25-29-26(14-16-33(24,25)5)32(4)15-13-22(8-7-17-34)18-23(32)19-27(29)36/h20-27,29-30,36H,7-19,34H2,1-6H3,(H,35,37)/t21?,22-,23-,24?,25?,26?,27+,29?,30?,32-,33+/m0/s1. The van der Waals surface area contributed by atoms with E-state index in [0.29, 0.717) is 47.3 Å². The third-order valence-corrected chi connectivity index (χ3v) is 12.6. The Morgan fingerprint density at radius 1 is 1.03 bits per heavy atom. The average molecular weight is 547 g/mol. The second-order valence-corrected chi connectivity index (χ2v) is 14.9. The molecule has 39 heavy (non-hydrogen) atoms. The van der Waals surface area contributed by atoms with Crippen LogP contribution in [0.25, 0.3) is 0 Å². The van der Waals surface area contributed by atoms with Crippen molar-refractivity contribution in [3.63, 3.8) is 0 Å². The minimum Gasteiger partial charge on any atom is -0.467 e. The summed E-state index contributed by atoms with van der Waals surface area (Å²) in [5.74, 6) is 3.70. The zero-order valence-corrected chi connectivity index (χ0v) is 25.7. The first kappa shape index (κ1) is 30.8. The number of nitrogens with two attached hydrogens (primary N) is 1. The van der Waals surface area contributed by atoms with Gasteiger partial charge in [-0.15, -0.1) is 0 Å². The van der Waals surface area contributed by atoms with Crippen LogP contribution in [0.2, 0.25) is 0 Å². The first-order valence-electron chi connectivity index (χ1n) is 16.2. The molecule has 0 aromatic heterocycles. The molecular weight excluding hydrogens is 488 g/mol. The molecule has 224 valence electrons. The Labute approximate surface area is 238 Å². The lowest BCUT2D eigenvalue weighted by atomic mass is 9.43. The number of carbonyl (C=O) groups excluding carboxylic acids is 2. The van der Waals surface area contributed by atoms with Crippen molar-refractivity contribution in [1.29, 1.82) is 0 Å². The maximum atomic E-state index is 12.8. The fourth-order valence-corrected chi connectivity index (χ4v) is 10.4. The van der Waals surface area contributed by atoms with Gasteiger partial charge in [0.15, 0.2) is 0 Å². The molecule has 4 saturated carbocycles. The molecular formula is C33H58N2O4. The molecule has 0 heterocycles. The van der Waals surface area contributed by atoms with Gasteiger partial charge in [0.05, 0.1) is 13.2 Å². The topological polar surface area (TPSA) is 102 Å². The lowest BCUT2D eigenvalue weighted by Crippen LogP contribution is -2.58. The number of esters is 1. The Morgan fingerprint density at radius 2 is 1.72 bits per heavy atom. The van der Waals surface area contributed by atoms with Gasteiger partial charge in [0.2, 0.25) is 5.91 Å². The zero-order valence-electron chi connectivity index (χ0n) is 25.7. The van der Waals surface area contributed by atoms with Crippen molar-refractivity contribution in [1.82, 2.24) is 5.32 Å². The number of rotatable bonds is 10. The number of aliphatic hydroxyl groups excluding tert-OH is 1. The number of hydrogen-bond donors (Lipinski definition) is 3. The van der Waals surface area contributed by atoms with Crippen molar-refractivity contribution in [3.05, 3.63) is 0 Å². The molecule has 1 amide bonds. The van der Waals surface area contributed by atoms with Gasteiger partial charge in [-0.1, -0.05) is 34.6 Å². The number of fused-ring (bicyclic) bond motifs is 5. The summed E-state index contributed by atoms with van der Waals surface area (Å²) in [5, 5.41) is 14.6. The third-order valence-electron chi connectivity index (χ3n) is 12.6. The average Bonchev–Trinajstić information content (AvgIpc) is 3.26. The van der Waals surface area contributed by atoms with Crippen LogP contribution in [-0.2, 0) is 14.3 Å². The Kier molecular flexibility index (Phi) is 9.79. The maximum Gasteiger partial charge on any atom is 0.328 e. The van der Waals surface area contributed by atoms with Gasteiger partial charge in [0.1, 0.15) is 6.04 Å². The van der Waals surface area contributed by atoms with E-state index in [1.165, 1.54) is 58.5 Å². The SMILES string of the molecule is COC(=O)C(NC(=O)CCC(C)C1CCC2C3C(CC[C@]12C)[C@@]1(C)CC[C@H](CCCN)C[C@H]1C[C@H]3O)C(C)C. The lowest BCUT2D eigenvalue weighted by Gasteiger charge is -2.62. The largest absolute Gasteiger partial charge is 0.467 e. The number of ether oxygens (including phenoxy) is 1. The Bertz CT molecular complexity index is 863. The molecule has 6 heteroatoms. The summed E-state index contributed by atoms with van der Waals surface area (Å²) >= 11 is 0. The van der Waals surface area contributed by atoms with Gasteiger partial charge in [-0.2, -0.15) is 0 Å². The van der Waals surface area contributed by atoms with Crippen molar-refractivity contribution in [3.8, 4) is 0 Å². The van der Waals surface area contributed by atoms with Gasteiger partial charge >= 0.3 is 5.97 Å². The minimum atomic E-state index is -0.588. The van der Waals surface area contributed by atoms with Gasteiger partial charge in [-0.05, 0) is 135 Å². The van der Waals surface area contributed by atoms with Crippen LogP contribution in [-0.4, -0.2) is 42.8 Å². The van der Waals surface area contributed by atoms with E-state index in [0.717, 1.165) is 31.7 Å². The molecule has 0 radical (unpaired) electrons. The van der Waals surface area contributed by atoms with Crippen LogP contribution in [0.5, 0.6) is 0 Å². The Morgan fingerprint density at radius 3 is 2.38 bits per heavy atom. The molecule has 6 nitrogen and oxygen atoms in total. The van der Waals surface area contributed by atoms with E-state index in [-0.39, 0.29) is 29.3 Å². The Hall–Kier alpha value is -1.14. The van der Waals surface area contributed by atoms with Crippen LogP contribution in [0.4, 0.5) is 0 Å². The molecule has 0 spiro atoms. The highest BCUT2D eigenvalue weighted by Gasteiger charge is 2.62. The predicted octanol–water partition coefficient (Wildman–Crippen LogP) is 5.70. The van der Waals surface area contributed by atoms with E-state index >= 15 is 0 Å². The summed E-state index contributed by atoms with van der Waals surface area (Å²) in [6, 6.07) is -0.588. The maximum absolute atomic E-state index is 12.8. The first-order chi connectivity index (χ1) is 18.5. The van der Waals surface area contributed by atoms with E-state index in [2.05, 4.69) is 26.1 Å². The lowest BCUT2D eigenvalue weighted by molar-refractivity contribution is -0.169. The highest BCUT2D eigenvalue weighted by atomic mass is 16.5. The van der Waals surface area contributed by atoms with Gasteiger partial charge in [-0.25, -0.2) is 4.79 Å². The highest BCUT2D eigenvalue weighted by Crippen LogP contribution is 2.68. The molecule has 4 aliphatic rings. The zero-order chi connectivity index (χ0) is 28.5. The van der Waals surface area contributed by atoms with Gasteiger partial charge in [-0.3, -0.25) is 4.79 Å². The second kappa shape index (κ2) is 12.4. The normalized spacial score (nSPS) is 41.2. The molecule has 11 atom stereocenters. The van der Waals surface area contributed by atoms with E-state index in [9.17, 15) is 14.7 Å².